The number of rotatable bonds is 4. The topological polar surface area (TPSA) is 74.5 Å². The Morgan fingerprint density at radius 2 is 1.93 bits per heavy atom. The molecule has 5 nitrogen and oxygen atoms in total. The third-order valence-corrected chi connectivity index (χ3v) is 5.53. The number of thioether (sulfide) groups is 1. The summed E-state index contributed by atoms with van der Waals surface area (Å²) in [5.41, 5.74) is 1.51. The van der Waals surface area contributed by atoms with Crippen LogP contribution in [0, 0.1) is 23.1 Å². The number of allylic oxidation sites excluding steroid dienone is 1. The Bertz CT molecular complexity index is 1040. The molecular formula is C22H20FN3O2S. The minimum Gasteiger partial charge on any atom is -0.495 e. The Labute approximate surface area is 173 Å². The fourth-order valence-corrected chi connectivity index (χ4v) is 4.11. The van der Waals surface area contributed by atoms with Crippen LogP contribution in [-0.2, 0) is 4.79 Å². The SMILES string of the molecule is COc1ccccc1NC(=O)C1=C(C)N=C(SC)C(C#N)C1c1ccccc1F. The number of nitrogens with zero attached hydrogens (tertiary/aromatic N) is 2. The molecule has 0 saturated carbocycles. The third-order valence-electron chi connectivity index (χ3n) is 4.77. The molecule has 3 rings (SSSR count). The predicted octanol–water partition coefficient (Wildman–Crippen LogP) is 4.75. The molecule has 0 aliphatic carbocycles. The molecule has 2 atom stereocenters. The van der Waals surface area contributed by atoms with Crippen LogP contribution in [0.15, 0.2) is 64.8 Å². The lowest BCUT2D eigenvalue weighted by atomic mass is 9.78. The first-order valence-electron chi connectivity index (χ1n) is 8.93. The molecule has 1 amide bonds. The van der Waals surface area contributed by atoms with Crippen molar-refractivity contribution in [2.24, 2.45) is 10.9 Å². The quantitative estimate of drug-likeness (QED) is 0.791. The van der Waals surface area contributed by atoms with Gasteiger partial charge in [-0.1, -0.05) is 30.3 Å². The van der Waals surface area contributed by atoms with Crippen molar-refractivity contribution in [3.05, 3.63) is 71.2 Å². The molecular weight excluding hydrogens is 389 g/mol. The number of ether oxygens (including phenoxy) is 1. The maximum Gasteiger partial charge on any atom is 0.254 e. The minimum absolute atomic E-state index is 0.269. The molecule has 148 valence electrons. The largest absolute Gasteiger partial charge is 0.495 e. The van der Waals surface area contributed by atoms with Gasteiger partial charge in [0.1, 0.15) is 17.5 Å². The van der Waals surface area contributed by atoms with Crippen molar-refractivity contribution in [1.29, 1.82) is 5.26 Å². The number of benzene rings is 2. The van der Waals surface area contributed by atoms with E-state index in [1.165, 1.54) is 24.9 Å². The van der Waals surface area contributed by atoms with Crippen molar-refractivity contribution < 1.29 is 13.9 Å². The van der Waals surface area contributed by atoms with Crippen molar-refractivity contribution in [2.45, 2.75) is 12.8 Å². The number of nitrogens with one attached hydrogen (secondary N) is 1. The highest BCUT2D eigenvalue weighted by Crippen LogP contribution is 2.42. The van der Waals surface area contributed by atoms with Gasteiger partial charge in [0.2, 0.25) is 0 Å². The first-order valence-corrected chi connectivity index (χ1v) is 10.2. The molecule has 1 heterocycles. The van der Waals surface area contributed by atoms with Gasteiger partial charge in [0.05, 0.1) is 23.9 Å². The zero-order valence-corrected chi connectivity index (χ0v) is 17.1. The molecule has 0 bridgehead atoms. The summed E-state index contributed by atoms with van der Waals surface area (Å²) in [6.45, 7) is 1.70. The van der Waals surface area contributed by atoms with Gasteiger partial charge in [0, 0.05) is 17.2 Å². The summed E-state index contributed by atoms with van der Waals surface area (Å²) in [6, 6.07) is 15.4. The maximum atomic E-state index is 14.7. The van der Waals surface area contributed by atoms with E-state index in [1.807, 2.05) is 6.26 Å². The van der Waals surface area contributed by atoms with Crippen LogP contribution in [0.5, 0.6) is 5.75 Å². The number of carbonyl (C=O) groups excluding carboxylic acids is 1. The third kappa shape index (κ3) is 4.03. The van der Waals surface area contributed by atoms with Crippen LogP contribution in [0.3, 0.4) is 0 Å². The Morgan fingerprint density at radius 1 is 1.24 bits per heavy atom. The summed E-state index contributed by atoms with van der Waals surface area (Å²) in [5.74, 6) is -1.93. The van der Waals surface area contributed by atoms with Crippen LogP contribution >= 0.6 is 11.8 Å². The average molecular weight is 409 g/mol. The van der Waals surface area contributed by atoms with Gasteiger partial charge >= 0.3 is 0 Å². The first-order chi connectivity index (χ1) is 14.0. The van der Waals surface area contributed by atoms with Crippen LogP contribution < -0.4 is 10.1 Å². The van der Waals surface area contributed by atoms with E-state index >= 15 is 0 Å². The fraction of sp³-hybridized carbons (Fsp3) is 0.227. The number of amides is 1. The predicted molar refractivity (Wildman–Crippen MR) is 114 cm³/mol. The number of methoxy groups -OCH3 is 1. The lowest BCUT2D eigenvalue weighted by molar-refractivity contribution is -0.113. The van der Waals surface area contributed by atoms with E-state index < -0.39 is 23.6 Å². The zero-order valence-electron chi connectivity index (χ0n) is 16.3. The van der Waals surface area contributed by atoms with Gasteiger partial charge < -0.3 is 10.1 Å². The highest BCUT2D eigenvalue weighted by Gasteiger charge is 2.39. The van der Waals surface area contributed by atoms with Crippen LogP contribution in [0.2, 0.25) is 0 Å². The number of aliphatic imine (C=N–C) groups is 1. The van der Waals surface area contributed by atoms with E-state index in [0.29, 0.717) is 27.7 Å². The molecule has 0 spiro atoms. The van der Waals surface area contributed by atoms with Crippen molar-refractivity contribution in [1.82, 2.24) is 0 Å². The van der Waals surface area contributed by atoms with E-state index in [2.05, 4.69) is 16.4 Å². The van der Waals surface area contributed by atoms with Crippen molar-refractivity contribution in [3.8, 4) is 11.8 Å². The second-order valence-corrected chi connectivity index (χ2v) is 7.24. The van der Waals surface area contributed by atoms with Gasteiger partial charge in [-0.2, -0.15) is 5.26 Å². The van der Waals surface area contributed by atoms with E-state index in [1.54, 1.807) is 49.4 Å². The lowest BCUT2D eigenvalue weighted by Crippen LogP contribution is -2.31. The van der Waals surface area contributed by atoms with Gasteiger partial charge in [0.15, 0.2) is 0 Å². The summed E-state index contributed by atoms with van der Waals surface area (Å²) < 4.78 is 20.0. The van der Waals surface area contributed by atoms with Gasteiger partial charge in [-0.05, 0) is 36.9 Å². The molecule has 1 aliphatic heterocycles. The summed E-state index contributed by atoms with van der Waals surface area (Å²) in [6.07, 6.45) is 1.81. The van der Waals surface area contributed by atoms with Crippen LogP contribution in [-0.4, -0.2) is 24.3 Å². The zero-order chi connectivity index (χ0) is 21.0. The summed E-state index contributed by atoms with van der Waals surface area (Å²) >= 11 is 1.33. The van der Waals surface area contributed by atoms with Gasteiger partial charge in [-0.3, -0.25) is 4.79 Å². The Morgan fingerprint density at radius 3 is 2.59 bits per heavy atom. The summed E-state index contributed by atoms with van der Waals surface area (Å²) in [7, 11) is 1.51. The van der Waals surface area contributed by atoms with Gasteiger partial charge in [-0.25, -0.2) is 9.38 Å². The molecule has 0 aromatic heterocycles. The molecule has 2 aromatic rings. The van der Waals surface area contributed by atoms with E-state index in [9.17, 15) is 14.4 Å². The van der Waals surface area contributed by atoms with Gasteiger partial charge in [0.25, 0.3) is 5.91 Å². The Balaban J connectivity index is 2.11. The van der Waals surface area contributed by atoms with Crippen molar-refractivity contribution in [3.63, 3.8) is 0 Å². The average Bonchev–Trinajstić information content (AvgIpc) is 2.73. The Kier molecular flexibility index (Phi) is 6.35. The number of halogens is 1. The maximum absolute atomic E-state index is 14.7. The van der Waals surface area contributed by atoms with E-state index in [0.717, 1.165) is 0 Å². The van der Waals surface area contributed by atoms with Crippen LogP contribution in [0.4, 0.5) is 10.1 Å². The van der Waals surface area contributed by atoms with Gasteiger partial charge in [-0.15, -0.1) is 11.8 Å². The smallest absolute Gasteiger partial charge is 0.254 e. The first kappa shape index (κ1) is 20.6. The van der Waals surface area contributed by atoms with Crippen LogP contribution in [0.25, 0.3) is 0 Å². The highest BCUT2D eigenvalue weighted by atomic mass is 32.2. The fourth-order valence-electron chi connectivity index (χ4n) is 3.44. The number of hydrogen-bond acceptors (Lipinski definition) is 5. The second kappa shape index (κ2) is 8.93. The molecule has 1 aliphatic rings. The standard InChI is InChI=1S/C22H20FN3O2S/c1-13-19(21(27)26-17-10-6-7-11-18(17)28-2)20(14-8-4-5-9-16(14)23)15(12-24)22(25-13)29-3/h4-11,15,20H,1-3H3,(H,26,27). The normalized spacial score (nSPS) is 18.7. The molecule has 1 N–H and O–H groups in total. The lowest BCUT2D eigenvalue weighted by Gasteiger charge is -2.30. The van der Waals surface area contributed by atoms with E-state index in [4.69, 9.17) is 4.74 Å². The molecule has 0 saturated heterocycles. The second-order valence-electron chi connectivity index (χ2n) is 6.41. The molecule has 2 aromatic carbocycles. The number of nitriles is 1. The minimum atomic E-state index is -0.768. The highest BCUT2D eigenvalue weighted by molar-refractivity contribution is 8.13. The van der Waals surface area contributed by atoms with E-state index in [-0.39, 0.29) is 5.57 Å². The number of carbonyl (C=O) groups is 1. The summed E-state index contributed by atoms with van der Waals surface area (Å²) in [4.78, 5) is 17.7. The number of hydrogen-bond donors (Lipinski definition) is 1. The summed E-state index contributed by atoms with van der Waals surface area (Å²) in [5, 5.41) is 13.2. The number of anilines is 1. The van der Waals surface area contributed by atoms with Crippen molar-refractivity contribution >= 4 is 28.4 Å². The number of para-hydroxylation sites is 2. The van der Waals surface area contributed by atoms with Crippen LogP contribution in [0.1, 0.15) is 18.4 Å². The molecule has 7 heteroatoms. The molecule has 0 radical (unpaired) electrons. The molecule has 0 fully saturated rings. The molecule has 2 unspecified atom stereocenters. The molecule has 29 heavy (non-hydrogen) atoms. The Hall–Kier alpha value is -3.11. The van der Waals surface area contributed by atoms with Crippen molar-refractivity contribution in [2.75, 3.05) is 18.7 Å². The monoisotopic (exact) mass is 409 g/mol.